The lowest BCUT2D eigenvalue weighted by molar-refractivity contribution is 0.303. The highest BCUT2D eigenvalue weighted by Crippen LogP contribution is 2.30. The molecule has 1 aliphatic heterocycles. The average Bonchev–Trinajstić information content (AvgIpc) is 2.73. The summed E-state index contributed by atoms with van der Waals surface area (Å²) >= 11 is 4.97. The molecule has 1 aliphatic rings. The molecular formula is C21H26FN3O4S3. The molecular weight excluding hydrogens is 473 g/mol. The smallest absolute Gasteiger partial charge is 0.241 e. The second-order valence-electron chi connectivity index (χ2n) is 8.03. The lowest BCUT2D eigenvalue weighted by atomic mass is 10.0. The van der Waals surface area contributed by atoms with Crippen molar-refractivity contribution < 1.29 is 21.2 Å². The minimum absolute atomic E-state index is 0.0764. The van der Waals surface area contributed by atoms with Gasteiger partial charge in [0, 0.05) is 19.1 Å². The average molecular weight is 500 g/mol. The monoisotopic (exact) mass is 499 g/mol. The number of thiocarbonyl (C=S) groups is 1. The Balaban J connectivity index is 1.96. The predicted octanol–water partition coefficient (Wildman–Crippen LogP) is 2.77. The first-order valence-corrected chi connectivity index (χ1v) is 13.5. The number of halogens is 1. The highest BCUT2D eigenvalue weighted by Gasteiger charge is 2.29. The molecule has 1 saturated heterocycles. The van der Waals surface area contributed by atoms with Crippen LogP contribution in [0.4, 0.5) is 4.39 Å². The Morgan fingerprint density at radius 2 is 1.62 bits per heavy atom. The number of rotatable bonds is 6. The summed E-state index contributed by atoms with van der Waals surface area (Å²) in [6.45, 7) is 4.75. The van der Waals surface area contributed by atoms with Crippen LogP contribution in [0.5, 0.6) is 0 Å². The van der Waals surface area contributed by atoms with Crippen molar-refractivity contribution in [2.75, 3.05) is 13.1 Å². The van der Waals surface area contributed by atoms with Crippen molar-refractivity contribution in [2.24, 2.45) is 5.73 Å². The van der Waals surface area contributed by atoms with E-state index in [2.05, 4.69) is 4.72 Å². The summed E-state index contributed by atoms with van der Waals surface area (Å²) in [4.78, 5) is 1.46. The summed E-state index contributed by atoms with van der Waals surface area (Å²) in [7, 11) is -8.03. The Kier molecular flexibility index (Phi) is 7.23. The van der Waals surface area contributed by atoms with Crippen LogP contribution in [0.15, 0.2) is 57.2 Å². The number of nitrogens with zero attached hydrogens (tertiary/aromatic N) is 1. The van der Waals surface area contributed by atoms with Gasteiger partial charge in [0.2, 0.25) is 19.9 Å². The Hall–Kier alpha value is -2.08. The number of hydrogen-bond donors (Lipinski definition) is 2. The summed E-state index contributed by atoms with van der Waals surface area (Å²) in [6.07, 6.45) is 1.06. The minimum atomic E-state index is -4.02. The molecule has 0 unspecified atom stereocenters. The van der Waals surface area contributed by atoms with Crippen LogP contribution in [0.3, 0.4) is 0 Å². The highest BCUT2D eigenvalue weighted by atomic mass is 32.2. The third-order valence-electron chi connectivity index (χ3n) is 5.46. The number of sulfonamides is 1. The van der Waals surface area contributed by atoms with E-state index in [4.69, 9.17) is 18.0 Å². The maximum atomic E-state index is 13.3. The van der Waals surface area contributed by atoms with Crippen molar-refractivity contribution in [3.05, 3.63) is 53.8 Å². The molecule has 0 spiro atoms. The fourth-order valence-electron chi connectivity index (χ4n) is 3.64. The van der Waals surface area contributed by atoms with Gasteiger partial charge >= 0.3 is 0 Å². The molecule has 1 heterocycles. The zero-order valence-electron chi connectivity index (χ0n) is 17.8. The molecule has 1 fully saturated rings. The Morgan fingerprint density at radius 3 is 2.16 bits per heavy atom. The molecule has 0 aliphatic carbocycles. The third-order valence-corrected chi connectivity index (χ3v) is 9.06. The zero-order valence-corrected chi connectivity index (χ0v) is 20.2. The van der Waals surface area contributed by atoms with Crippen LogP contribution in [0.2, 0.25) is 0 Å². The number of likely N-dealkylation sites (tertiary alicyclic amines) is 1. The van der Waals surface area contributed by atoms with Crippen molar-refractivity contribution in [3.63, 3.8) is 0 Å². The van der Waals surface area contributed by atoms with Crippen molar-refractivity contribution in [3.8, 4) is 0 Å². The van der Waals surface area contributed by atoms with Gasteiger partial charge in [-0.1, -0.05) is 19.9 Å². The highest BCUT2D eigenvalue weighted by molar-refractivity contribution is 7.91. The number of nitrogens with one attached hydrogen (secondary N) is 1. The second-order valence-corrected chi connectivity index (χ2v) is 12.1. The van der Waals surface area contributed by atoms with Gasteiger partial charge < -0.3 is 10.6 Å². The quantitative estimate of drug-likeness (QED) is 0.465. The van der Waals surface area contributed by atoms with Gasteiger partial charge in [-0.25, -0.2) is 25.9 Å². The van der Waals surface area contributed by atoms with E-state index in [0.717, 1.165) is 24.3 Å². The van der Waals surface area contributed by atoms with Crippen molar-refractivity contribution in [1.82, 2.24) is 9.62 Å². The van der Waals surface area contributed by atoms with Gasteiger partial charge in [-0.2, -0.15) is 0 Å². The molecule has 0 saturated carbocycles. The van der Waals surface area contributed by atoms with Crippen LogP contribution in [0.25, 0.3) is 0 Å². The molecule has 0 atom stereocenters. The molecule has 7 nitrogen and oxygen atoms in total. The molecule has 2 aromatic rings. The lowest BCUT2D eigenvalue weighted by Gasteiger charge is -2.32. The van der Waals surface area contributed by atoms with E-state index in [1.807, 2.05) is 18.7 Å². The van der Waals surface area contributed by atoms with Crippen LogP contribution in [0, 0.1) is 5.82 Å². The van der Waals surface area contributed by atoms with Crippen LogP contribution >= 0.6 is 12.2 Å². The summed E-state index contributed by atoms with van der Waals surface area (Å²) < 4.78 is 68.6. The maximum absolute atomic E-state index is 13.3. The first kappa shape index (κ1) is 24.6. The van der Waals surface area contributed by atoms with Gasteiger partial charge in [0.1, 0.15) is 5.82 Å². The molecule has 174 valence electrons. The summed E-state index contributed by atoms with van der Waals surface area (Å²) in [6, 6.07) is 8.18. The maximum Gasteiger partial charge on any atom is 0.241 e. The molecule has 2 aromatic carbocycles. The van der Waals surface area contributed by atoms with Gasteiger partial charge in [0.25, 0.3) is 0 Å². The number of hydrogen-bond acceptors (Lipinski definition) is 5. The van der Waals surface area contributed by atoms with Crippen molar-refractivity contribution in [1.29, 1.82) is 0 Å². The molecule has 0 bridgehead atoms. The fourth-order valence-corrected chi connectivity index (χ4v) is 6.88. The van der Waals surface area contributed by atoms with Crippen LogP contribution in [-0.2, 0) is 19.9 Å². The van der Waals surface area contributed by atoms with E-state index in [1.54, 1.807) is 0 Å². The topological polar surface area (TPSA) is 110 Å². The van der Waals surface area contributed by atoms with Gasteiger partial charge in [0.15, 0.2) is 5.11 Å². The molecule has 32 heavy (non-hydrogen) atoms. The van der Waals surface area contributed by atoms with Crippen molar-refractivity contribution >= 4 is 37.2 Å². The Bertz CT molecular complexity index is 1210. The van der Waals surface area contributed by atoms with Gasteiger partial charge in [-0.3, -0.25) is 0 Å². The SMILES string of the molecule is CC(C)c1ccc(S(=O)(=O)c2ccc(F)cc2)cc1S(=O)(=O)NC1CCN(C(N)=S)CC1. The largest absolute Gasteiger partial charge is 0.376 e. The van der Waals surface area contributed by atoms with E-state index in [0.29, 0.717) is 31.5 Å². The van der Waals surface area contributed by atoms with E-state index >= 15 is 0 Å². The number of piperidine rings is 1. The van der Waals surface area contributed by atoms with Gasteiger partial charge in [-0.15, -0.1) is 0 Å². The number of sulfone groups is 1. The van der Waals surface area contributed by atoms with E-state index in [1.165, 1.54) is 18.2 Å². The first-order valence-electron chi connectivity index (χ1n) is 10.1. The number of nitrogens with two attached hydrogens (primary N) is 1. The molecule has 3 N–H and O–H groups in total. The van der Waals surface area contributed by atoms with Crippen LogP contribution in [-0.4, -0.2) is 46.0 Å². The summed E-state index contributed by atoms with van der Waals surface area (Å²) in [5.41, 5.74) is 6.15. The predicted molar refractivity (Wildman–Crippen MR) is 124 cm³/mol. The van der Waals surface area contributed by atoms with E-state index in [-0.39, 0.29) is 31.8 Å². The third kappa shape index (κ3) is 5.28. The molecule has 0 aromatic heterocycles. The summed E-state index contributed by atoms with van der Waals surface area (Å²) in [5, 5.41) is 0.284. The molecule has 3 rings (SSSR count). The standard InChI is InChI=1S/C21H26FN3O4S3/c1-14(2)19-8-7-18(31(26,27)17-5-3-15(22)4-6-17)13-20(19)32(28,29)24-16-9-11-25(12-10-16)21(23)30/h3-8,13-14,16,24H,9-12H2,1-2H3,(H2,23,30). The van der Waals surface area contributed by atoms with Gasteiger partial charge in [-0.05, 0) is 72.9 Å². The van der Waals surface area contributed by atoms with Crippen LogP contribution < -0.4 is 10.5 Å². The zero-order chi connectivity index (χ0) is 23.7. The van der Waals surface area contributed by atoms with Crippen molar-refractivity contribution in [2.45, 2.75) is 53.3 Å². The Morgan fingerprint density at radius 1 is 1.06 bits per heavy atom. The number of benzene rings is 2. The molecule has 0 radical (unpaired) electrons. The van der Waals surface area contributed by atoms with E-state index in [9.17, 15) is 21.2 Å². The minimum Gasteiger partial charge on any atom is -0.376 e. The first-order chi connectivity index (χ1) is 14.9. The van der Waals surface area contributed by atoms with Gasteiger partial charge in [0.05, 0.1) is 14.7 Å². The molecule has 11 heteroatoms. The second kappa shape index (κ2) is 9.42. The van der Waals surface area contributed by atoms with Crippen LogP contribution in [0.1, 0.15) is 38.2 Å². The lowest BCUT2D eigenvalue weighted by Crippen LogP contribution is -2.48. The molecule has 0 amide bonds. The normalized spacial score (nSPS) is 15.8. The van der Waals surface area contributed by atoms with E-state index < -0.39 is 25.7 Å². The Labute approximate surface area is 193 Å². The fraction of sp³-hybridized carbons (Fsp3) is 0.381. The summed E-state index contributed by atoms with van der Waals surface area (Å²) in [5.74, 6) is -0.714.